The van der Waals surface area contributed by atoms with Gasteiger partial charge in [0.1, 0.15) is 0 Å². The van der Waals surface area contributed by atoms with Crippen LogP contribution in [0.4, 0.5) is 18.9 Å². The lowest BCUT2D eigenvalue weighted by molar-refractivity contribution is -0.169. The summed E-state index contributed by atoms with van der Waals surface area (Å²) in [6.07, 6.45) is -4.25. The number of benzene rings is 3. The summed E-state index contributed by atoms with van der Waals surface area (Å²) in [5.41, 5.74) is 2.31. The van der Waals surface area contributed by atoms with Crippen molar-refractivity contribution in [1.82, 2.24) is 4.98 Å². The summed E-state index contributed by atoms with van der Waals surface area (Å²) in [6.45, 7) is 3.81. The summed E-state index contributed by atoms with van der Waals surface area (Å²) in [7, 11) is 0. The van der Waals surface area contributed by atoms with E-state index in [4.69, 9.17) is 11.6 Å². The van der Waals surface area contributed by atoms with Gasteiger partial charge in [-0.2, -0.15) is 13.2 Å². The van der Waals surface area contributed by atoms with Crippen LogP contribution < -0.4 is 5.32 Å². The molecule has 0 amide bonds. The lowest BCUT2D eigenvalue weighted by atomic mass is 9.80. The van der Waals surface area contributed by atoms with Crippen molar-refractivity contribution in [1.29, 1.82) is 0 Å². The Balaban J connectivity index is 1.93. The molecule has 1 aliphatic rings. The number of anilines is 1. The van der Waals surface area contributed by atoms with Crippen molar-refractivity contribution in [2.75, 3.05) is 5.32 Å². The molecule has 0 bridgehead atoms. The number of rotatable bonds is 1. The van der Waals surface area contributed by atoms with Crippen LogP contribution in [0.1, 0.15) is 33.5 Å². The number of aryl methyl sites for hydroxylation is 2. The molecule has 5 rings (SSSR count). The number of fused-ring (bicyclic) bond motifs is 4. The molecule has 2 heterocycles. The lowest BCUT2D eigenvalue weighted by Gasteiger charge is -2.38. The average Bonchev–Trinajstić information content (AvgIpc) is 2.97. The van der Waals surface area contributed by atoms with E-state index in [9.17, 15) is 0 Å². The first-order chi connectivity index (χ1) is 14.7. The van der Waals surface area contributed by atoms with Crippen LogP contribution >= 0.6 is 11.6 Å². The molecular weight excluding hydrogens is 421 g/mol. The summed E-state index contributed by atoms with van der Waals surface area (Å²) < 4.78 is 45.6. The molecule has 0 saturated heterocycles. The number of alkyl halides is 3. The molecule has 0 saturated carbocycles. The molecule has 31 heavy (non-hydrogen) atoms. The lowest BCUT2D eigenvalue weighted by Crippen LogP contribution is -2.50. The van der Waals surface area contributed by atoms with Gasteiger partial charge in [0.2, 0.25) is 0 Å². The Morgan fingerprint density at radius 2 is 1.58 bits per heavy atom. The second-order valence-corrected chi connectivity index (χ2v) is 8.68. The Hall–Kier alpha value is -2.92. The summed E-state index contributed by atoms with van der Waals surface area (Å²) in [4.78, 5) is 3.29. The SMILES string of the molecule is Cc1ccc2c(c1)N[C@](c1ccc(Cl)cc1)(C(F)(F)F)c1c([nH]c3cc(C)ccc13)C2. The molecule has 0 aliphatic carbocycles. The summed E-state index contributed by atoms with van der Waals surface area (Å²) in [6, 6.07) is 17.1. The van der Waals surface area contributed by atoms with Gasteiger partial charge in [-0.3, -0.25) is 0 Å². The van der Waals surface area contributed by atoms with Crippen molar-refractivity contribution < 1.29 is 13.2 Å². The fourth-order valence-corrected chi connectivity index (χ4v) is 4.76. The van der Waals surface area contributed by atoms with Gasteiger partial charge < -0.3 is 10.3 Å². The minimum absolute atomic E-state index is 0.0986. The van der Waals surface area contributed by atoms with Gasteiger partial charge in [-0.05, 0) is 60.4 Å². The number of halogens is 4. The molecule has 0 fully saturated rings. The first-order valence-corrected chi connectivity index (χ1v) is 10.4. The van der Waals surface area contributed by atoms with Gasteiger partial charge in [0, 0.05) is 39.3 Å². The third-order valence-electron chi connectivity index (χ3n) is 6.06. The third-order valence-corrected chi connectivity index (χ3v) is 6.32. The van der Waals surface area contributed by atoms with E-state index in [1.165, 1.54) is 24.3 Å². The third kappa shape index (κ3) is 3.02. The molecule has 3 aromatic carbocycles. The molecule has 158 valence electrons. The number of H-pyrrole nitrogens is 1. The maximum absolute atomic E-state index is 15.2. The van der Waals surface area contributed by atoms with Crippen molar-refractivity contribution in [2.24, 2.45) is 0 Å². The summed E-state index contributed by atoms with van der Waals surface area (Å²) in [5, 5.41) is 3.90. The van der Waals surface area contributed by atoms with Gasteiger partial charge in [-0.25, -0.2) is 0 Å². The molecule has 4 aromatic rings. The largest absolute Gasteiger partial charge is 0.420 e. The summed E-state index contributed by atoms with van der Waals surface area (Å²) >= 11 is 6.03. The highest BCUT2D eigenvalue weighted by Crippen LogP contribution is 2.52. The smallest absolute Gasteiger partial charge is 0.364 e. The highest BCUT2D eigenvalue weighted by Gasteiger charge is 2.60. The monoisotopic (exact) mass is 440 g/mol. The van der Waals surface area contributed by atoms with Crippen LogP contribution in [-0.2, 0) is 12.0 Å². The van der Waals surface area contributed by atoms with Crippen molar-refractivity contribution in [3.63, 3.8) is 0 Å². The van der Waals surface area contributed by atoms with Crippen molar-refractivity contribution >= 4 is 28.2 Å². The van der Waals surface area contributed by atoms with Gasteiger partial charge >= 0.3 is 6.18 Å². The Morgan fingerprint density at radius 1 is 0.903 bits per heavy atom. The fraction of sp³-hybridized carbons (Fsp3) is 0.200. The zero-order chi connectivity index (χ0) is 22.0. The number of aromatic amines is 1. The van der Waals surface area contributed by atoms with Crippen LogP contribution in [0, 0.1) is 13.8 Å². The molecule has 1 aromatic heterocycles. The first kappa shape index (κ1) is 20.0. The minimum Gasteiger partial charge on any atom is -0.364 e. The van der Waals surface area contributed by atoms with Crippen LogP contribution in [0.2, 0.25) is 5.02 Å². The predicted octanol–water partition coefficient (Wildman–Crippen LogP) is 7.26. The van der Waals surface area contributed by atoms with E-state index in [-0.39, 0.29) is 11.1 Å². The van der Waals surface area contributed by atoms with E-state index < -0.39 is 11.7 Å². The van der Waals surface area contributed by atoms with E-state index in [1.807, 2.05) is 38.1 Å². The number of hydrogen-bond acceptors (Lipinski definition) is 1. The van der Waals surface area contributed by atoms with E-state index in [2.05, 4.69) is 10.3 Å². The van der Waals surface area contributed by atoms with Crippen molar-refractivity contribution in [3.05, 3.63) is 99.2 Å². The van der Waals surface area contributed by atoms with E-state index in [0.717, 1.165) is 16.7 Å². The maximum atomic E-state index is 15.2. The Kier molecular flexibility index (Phi) is 4.38. The van der Waals surface area contributed by atoms with E-state index in [1.54, 1.807) is 12.1 Å². The van der Waals surface area contributed by atoms with E-state index in [0.29, 0.717) is 33.7 Å². The van der Waals surface area contributed by atoms with E-state index >= 15 is 13.2 Å². The Labute approximate surface area is 183 Å². The Morgan fingerprint density at radius 3 is 2.29 bits per heavy atom. The fourth-order valence-electron chi connectivity index (χ4n) is 4.64. The van der Waals surface area contributed by atoms with Gasteiger partial charge in [-0.15, -0.1) is 0 Å². The average molecular weight is 441 g/mol. The second-order valence-electron chi connectivity index (χ2n) is 8.24. The summed E-state index contributed by atoms with van der Waals surface area (Å²) in [5.74, 6) is 0. The van der Waals surface area contributed by atoms with Gasteiger partial charge in [0.15, 0.2) is 5.54 Å². The quantitative estimate of drug-likeness (QED) is 0.320. The maximum Gasteiger partial charge on any atom is 0.420 e. The molecule has 2 nitrogen and oxygen atoms in total. The molecule has 1 aliphatic heterocycles. The number of nitrogens with one attached hydrogen (secondary N) is 2. The number of hydrogen-bond donors (Lipinski definition) is 2. The molecule has 0 spiro atoms. The molecule has 1 atom stereocenters. The minimum atomic E-state index is -4.62. The highest BCUT2D eigenvalue weighted by atomic mass is 35.5. The highest BCUT2D eigenvalue weighted by molar-refractivity contribution is 6.30. The zero-order valence-corrected chi connectivity index (χ0v) is 17.7. The van der Waals surface area contributed by atoms with Crippen molar-refractivity contribution in [2.45, 2.75) is 32.0 Å². The van der Waals surface area contributed by atoms with Crippen LogP contribution in [0.15, 0.2) is 60.7 Å². The molecular formula is C25H20ClF3N2. The molecule has 6 heteroatoms. The van der Waals surface area contributed by atoms with Crippen LogP contribution in [-0.4, -0.2) is 11.2 Å². The topological polar surface area (TPSA) is 27.8 Å². The Bertz CT molecular complexity index is 1310. The van der Waals surface area contributed by atoms with Gasteiger partial charge in [0.05, 0.1) is 0 Å². The van der Waals surface area contributed by atoms with Crippen LogP contribution in [0.5, 0.6) is 0 Å². The van der Waals surface area contributed by atoms with Gasteiger partial charge in [0.25, 0.3) is 0 Å². The number of aromatic nitrogens is 1. The van der Waals surface area contributed by atoms with Crippen molar-refractivity contribution in [3.8, 4) is 0 Å². The second kappa shape index (κ2) is 6.79. The predicted molar refractivity (Wildman–Crippen MR) is 119 cm³/mol. The van der Waals surface area contributed by atoms with Crippen LogP contribution in [0.25, 0.3) is 10.9 Å². The molecule has 2 N–H and O–H groups in total. The zero-order valence-electron chi connectivity index (χ0n) is 17.0. The normalized spacial score (nSPS) is 18.3. The molecule has 0 radical (unpaired) electrons. The molecule has 0 unspecified atom stereocenters. The standard InChI is InChI=1S/C25H20ClF3N2/c1-14-3-5-16-13-22-23(19-10-4-15(2)12-21(19)30-22)24(25(27,28)29,31-20(16)11-14)17-6-8-18(26)9-7-17/h3-12,30-31H,13H2,1-2H3/t24-/m0/s1. The van der Waals surface area contributed by atoms with Crippen LogP contribution in [0.3, 0.4) is 0 Å². The van der Waals surface area contributed by atoms with Gasteiger partial charge in [-0.1, -0.05) is 48.0 Å². The first-order valence-electron chi connectivity index (χ1n) is 10.0.